The minimum atomic E-state index is -0.147. The van der Waals surface area contributed by atoms with Crippen LogP contribution in [0.25, 0.3) is 5.65 Å². The van der Waals surface area contributed by atoms with E-state index in [-0.39, 0.29) is 5.82 Å². The van der Waals surface area contributed by atoms with E-state index in [9.17, 15) is 4.39 Å². The molecule has 1 saturated heterocycles. The molecule has 0 aliphatic carbocycles. The van der Waals surface area contributed by atoms with Crippen LogP contribution in [0.1, 0.15) is 48.7 Å². The highest BCUT2D eigenvalue weighted by Crippen LogP contribution is 2.25. The van der Waals surface area contributed by atoms with Crippen LogP contribution in [0.5, 0.6) is 0 Å². The molecular formula is C24H30FN3. The van der Waals surface area contributed by atoms with Gasteiger partial charge in [0, 0.05) is 12.7 Å². The van der Waals surface area contributed by atoms with Gasteiger partial charge < -0.3 is 4.40 Å². The normalized spacial score (nSPS) is 16.1. The summed E-state index contributed by atoms with van der Waals surface area (Å²) < 4.78 is 15.3. The number of hydrogen-bond acceptors (Lipinski definition) is 2. The Morgan fingerprint density at radius 2 is 1.82 bits per heavy atom. The average molecular weight is 380 g/mol. The molecule has 4 heteroatoms. The summed E-state index contributed by atoms with van der Waals surface area (Å²) in [6.07, 6.45) is 7.94. The summed E-state index contributed by atoms with van der Waals surface area (Å²) in [6.45, 7) is 7.62. The second-order valence-electron chi connectivity index (χ2n) is 8.18. The van der Waals surface area contributed by atoms with E-state index in [4.69, 9.17) is 4.98 Å². The summed E-state index contributed by atoms with van der Waals surface area (Å²) in [5, 5.41) is 0. The number of likely N-dealkylation sites (tertiary alicyclic amines) is 1. The lowest BCUT2D eigenvalue weighted by molar-refractivity contribution is 0.170. The van der Waals surface area contributed by atoms with Crippen LogP contribution in [0.15, 0.2) is 42.6 Å². The summed E-state index contributed by atoms with van der Waals surface area (Å²) in [6, 6.07) is 11.2. The van der Waals surface area contributed by atoms with E-state index in [0.29, 0.717) is 0 Å². The zero-order valence-corrected chi connectivity index (χ0v) is 17.0. The summed E-state index contributed by atoms with van der Waals surface area (Å²) in [4.78, 5) is 7.41. The fourth-order valence-corrected chi connectivity index (χ4v) is 4.37. The fourth-order valence-electron chi connectivity index (χ4n) is 4.37. The molecule has 0 radical (unpaired) electrons. The third-order valence-electron chi connectivity index (χ3n) is 6.12. The van der Waals surface area contributed by atoms with Crippen molar-refractivity contribution in [2.24, 2.45) is 5.92 Å². The second-order valence-corrected chi connectivity index (χ2v) is 8.18. The number of fused-ring (bicyclic) bond motifs is 1. The molecule has 3 heterocycles. The van der Waals surface area contributed by atoms with Gasteiger partial charge in [-0.1, -0.05) is 25.1 Å². The summed E-state index contributed by atoms with van der Waals surface area (Å²) >= 11 is 0. The molecule has 0 amide bonds. The standard InChI is InChI=1S/C24H30FN3/c1-3-22-23(28-16-18(2)4-11-24(28)26-22)17-27-14-12-20(13-15-27)6-5-19-7-9-21(25)10-8-19/h4,7-11,16,20H,3,5-6,12-15,17H2,1-2H3. The van der Waals surface area contributed by atoms with Crippen LogP contribution in [0.2, 0.25) is 0 Å². The molecular weight excluding hydrogens is 349 g/mol. The Morgan fingerprint density at radius 3 is 2.54 bits per heavy atom. The molecule has 3 aromatic rings. The van der Waals surface area contributed by atoms with Gasteiger partial charge >= 0.3 is 0 Å². The summed E-state index contributed by atoms with van der Waals surface area (Å²) in [5.74, 6) is 0.627. The molecule has 28 heavy (non-hydrogen) atoms. The van der Waals surface area contributed by atoms with Crippen molar-refractivity contribution in [1.29, 1.82) is 0 Å². The Hall–Kier alpha value is -2.20. The minimum absolute atomic E-state index is 0.147. The molecule has 0 saturated carbocycles. The summed E-state index contributed by atoms with van der Waals surface area (Å²) in [7, 11) is 0. The minimum Gasteiger partial charge on any atom is -0.302 e. The van der Waals surface area contributed by atoms with Crippen LogP contribution in [0, 0.1) is 18.7 Å². The molecule has 1 fully saturated rings. The number of rotatable bonds is 6. The highest BCUT2D eigenvalue weighted by molar-refractivity contribution is 5.44. The molecule has 3 nitrogen and oxygen atoms in total. The van der Waals surface area contributed by atoms with Gasteiger partial charge in [-0.2, -0.15) is 0 Å². The molecule has 1 aliphatic rings. The van der Waals surface area contributed by atoms with Gasteiger partial charge in [-0.3, -0.25) is 4.90 Å². The number of benzene rings is 1. The van der Waals surface area contributed by atoms with E-state index in [1.165, 1.54) is 41.8 Å². The maximum Gasteiger partial charge on any atom is 0.137 e. The van der Waals surface area contributed by atoms with Crippen LogP contribution in [0.3, 0.4) is 0 Å². The molecule has 148 valence electrons. The van der Waals surface area contributed by atoms with Gasteiger partial charge in [0.25, 0.3) is 0 Å². The Kier molecular flexibility index (Phi) is 5.77. The Morgan fingerprint density at radius 1 is 1.07 bits per heavy atom. The van der Waals surface area contributed by atoms with Gasteiger partial charge in [-0.05, 0) is 87.4 Å². The molecule has 1 aliphatic heterocycles. The van der Waals surface area contributed by atoms with Gasteiger partial charge in [-0.15, -0.1) is 0 Å². The largest absolute Gasteiger partial charge is 0.302 e. The molecule has 0 atom stereocenters. The predicted octanol–water partition coefficient (Wildman–Crippen LogP) is 5.19. The molecule has 0 unspecified atom stereocenters. The zero-order chi connectivity index (χ0) is 19.5. The van der Waals surface area contributed by atoms with Crippen molar-refractivity contribution in [2.45, 2.75) is 52.5 Å². The lowest BCUT2D eigenvalue weighted by Gasteiger charge is -2.32. The number of aryl methyl sites for hydroxylation is 3. The van der Waals surface area contributed by atoms with Crippen molar-refractivity contribution in [1.82, 2.24) is 14.3 Å². The van der Waals surface area contributed by atoms with Crippen molar-refractivity contribution < 1.29 is 4.39 Å². The topological polar surface area (TPSA) is 20.5 Å². The van der Waals surface area contributed by atoms with Crippen LogP contribution in [-0.4, -0.2) is 27.4 Å². The van der Waals surface area contributed by atoms with Gasteiger partial charge in [0.15, 0.2) is 0 Å². The number of piperidine rings is 1. The molecule has 0 spiro atoms. The molecule has 0 N–H and O–H groups in total. The highest BCUT2D eigenvalue weighted by atomic mass is 19.1. The third-order valence-corrected chi connectivity index (χ3v) is 6.12. The maximum atomic E-state index is 13.0. The fraction of sp³-hybridized carbons (Fsp3) is 0.458. The SMILES string of the molecule is CCc1nc2ccc(C)cn2c1CN1CCC(CCc2ccc(F)cc2)CC1. The Balaban J connectivity index is 1.35. The Bertz CT molecular complexity index is 921. The molecule has 0 bridgehead atoms. The predicted molar refractivity (Wildman–Crippen MR) is 112 cm³/mol. The number of imidazole rings is 1. The molecule has 1 aromatic carbocycles. The van der Waals surface area contributed by atoms with Crippen LogP contribution in [-0.2, 0) is 19.4 Å². The first-order chi connectivity index (χ1) is 13.6. The van der Waals surface area contributed by atoms with Gasteiger partial charge in [0.2, 0.25) is 0 Å². The van der Waals surface area contributed by atoms with Crippen molar-refractivity contribution in [3.8, 4) is 0 Å². The van der Waals surface area contributed by atoms with Crippen molar-refractivity contribution in [3.63, 3.8) is 0 Å². The van der Waals surface area contributed by atoms with E-state index < -0.39 is 0 Å². The number of nitrogens with zero attached hydrogens (tertiary/aromatic N) is 3. The second kappa shape index (κ2) is 8.44. The van der Waals surface area contributed by atoms with Crippen LogP contribution < -0.4 is 0 Å². The van der Waals surface area contributed by atoms with Crippen molar-refractivity contribution in [2.75, 3.05) is 13.1 Å². The van der Waals surface area contributed by atoms with E-state index in [2.05, 4.69) is 41.5 Å². The summed E-state index contributed by atoms with van der Waals surface area (Å²) in [5.41, 5.74) is 6.16. The average Bonchev–Trinajstić information content (AvgIpc) is 3.05. The van der Waals surface area contributed by atoms with Crippen molar-refractivity contribution >= 4 is 5.65 Å². The first-order valence-electron chi connectivity index (χ1n) is 10.6. The number of halogens is 1. The number of pyridine rings is 1. The van der Waals surface area contributed by atoms with E-state index in [1.54, 1.807) is 12.1 Å². The van der Waals surface area contributed by atoms with E-state index >= 15 is 0 Å². The lowest BCUT2D eigenvalue weighted by Crippen LogP contribution is -2.34. The first kappa shape index (κ1) is 19.1. The molecule has 4 rings (SSSR count). The maximum absolute atomic E-state index is 13.0. The van der Waals surface area contributed by atoms with Gasteiger partial charge in [-0.25, -0.2) is 9.37 Å². The smallest absolute Gasteiger partial charge is 0.137 e. The van der Waals surface area contributed by atoms with E-state index in [1.807, 2.05) is 12.1 Å². The van der Waals surface area contributed by atoms with Gasteiger partial charge in [0.05, 0.1) is 11.4 Å². The quantitative estimate of drug-likeness (QED) is 0.588. The van der Waals surface area contributed by atoms with Gasteiger partial charge in [0.1, 0.15) is 11.5 Å². The number of aromatic nitrogens is 2. The monoisotopic (exact) mass is 379 g/mol. The number of hydrogen-bond donors (Lipinski definition) is 0. The van der Waals surface area contributed by atoms with Crippen LogP contribution in [0.4, 0.5) is 4.39 Å². The van der Waals surface area contributed by atoms with E-state index in [0.717, 1.165) is 44.0 Å². The molecule has 2 aromatic heterocycles. The van der Waals surface area contributed by atoms with Crippen molar-refractivity contribution in [3.05, 3.63) is 70.9 Å². The third kappa shape index (κ3) is 4.27. The lowest BCUT2D eigenvalue weighted by atomic mass is 9.90. The highest BCUT2D eigenvalue weighted by Gasteiger charge is 2.21. The Labute approximate surface area is 167 Å². The first-order valence-corrected chi connectivity index (χ1v) is 10.6. The van der Waals surface area contributed by atoms with Crippen LogP contribution >= 0.6 is 0 Å². The zero-order valence-electron chi connectivity index (χ0n) is 17.0.